The molecule has 0 saturated carbocycles. The number of methoxy groups -OCH3 is 1. The Labute approximate surface area is 208 Å². The number of nitrogens with zero attached hydrogens (tertiary/aromatic N) is 2. The summed E-state index contributed by atoms with van der Waals surface area (Å²) >= 11 is 1.54. The molecule has 2 aromatic carbocycles. The van der Waals surface area contributed by atoms with Gasteiger partial charge in [-0.15, -0.1) is 11.8 Å². The Morgan fingerprint density at radius 1 is 1.26 bits per heavy atom. The Bertz CT molecular complexity index is 1270. The van der Waals surface area contributed by atoms with Crippen LogP contribution in [-0.2, 0) is 16.1 Å². The van der Waals surface area contributed by atoms with E-state index < -0.39 is 6.10 Å². The predicted molar refractivity (Wildman–Crippen MR) is 135 cm³/mol. The van der Waals surface area contributed by atoms with Crippen molar-refractivity contribution in [2.75, 3.05) is 31.3 Å². The first-order valence-electron chi connectivity index (χ1n) is 11.7. The minimum atomic E-state index is -0.815. The van der Waals surface area contributed by atoms with Gasteiger partial charge >= 0.3 is 0 Å². The van der Waals surface area contributed by atoms with Crippen LogP contribution in [0.3, 0.4) is 0 Å². The number of aliphatic hydroxyl groups excluding tert-OH is 1. The number of anilines is 1. The van der Waals surface area contributed by atoms with Crippen LogP contribution in [0.1, 0.15) is 30.1 Å². The average molecular weight is 493 g/mol. The highest BCUT2D eigenvalue weighted by atomic mass is 32.2. The minimum absolute atomic E-state index is 0.0201. The lowest BCUT2D eigenvalue weighted by atomic mass is 10.0. The van der Waals surface area contributed by atoms with E-state index in [0.717, 1.165) is 39.0 Å². The summed E-state index contributed by atoms with van der Waals surface area (Å²) in [6.45, 7) is 1.44. The summed E-state index contributed by atoms with van der Waals surface area (Å²) in [5.74, 6) is 1.19. The Kier molecular flexibility index (Phi) is 6.90. The van der Waals surface area contributed by atoms with Gasteiger partial charge in [-0.05, 0) is 53.9 Å². The maximum atomic E-state index is 12.9. The summed E-state index contributed by atoms with van der Waals surface area (Å²) in [5.41, 5.74) is 3.43. The molecule has 2 amide bonds. The minimum Gasteiger partial charge on any atom is -0.497 e. The monoisotopic (exact) mass is 492 g/mol. The number of aliphatic hydroxyl groups is 1. The fourth-order valence-corrected chi connectivity index (χ4v) is 5.41. The van der Waals surface area contributed by atoms with Crippen LogP contribution in [0.4, 0.5) is 5.69 Å². The van der Waals surface area contributed by atoms with Crippen molar-refractivity contribution in [1.82, 2.24) is 15.2 Å². The number of rotatable bonds is 7. The number of nitrogens with one attached hydrogen (secondary N) is 2. The summed E-state index contributed by atoms with van der Waals surface area (Å²) in [4.78, 5) is 31.7. The van der Waals surface area contributed by atoms with Gasteiger partial charge < -0.3 is 25.4 Å². The number of thioether (sulfide) groups is 1. The Balaban J connectivity index is 1.18. The number of amides is 2. The molecule has 3 heterocycles. The lowest BCUT2D eigenvalue weighted by molar-refractivity contribution is -0.135. The van der Waals surface area contributed by atoms with Crippen molar-refractivity contribution in [2.24, 2.45) is 0 Å². The van der Waals surface area contributed by atoms with Gasteiger partial charge in [0.1, 0.15) is 5.75 Å². The second-order valence-corrected chi connectivity index (χ2v) is 9.89. The van der Waals surface area contributed by atoms with Crippen molar-refractivity contribution >= 4 is 40.2 Å². The number of β-amino-alcohol motifs (C(OH)–C–C–N with tert-alkyl or cyclic N) is 1. The molecule has 2 aliphatic rings. The molecule has 0 radical (unpaired) electrons. The topological polar surface area (TPSA) is 104 Å². The second kappa shape index (κ2) is 10.2. The van der Waals surface area contributed by atoms with Crippen molar-refractivity contribution in [3.05, 3.63) is 59.8 Å². The third-order valence-electron chi connectivity index (χ3n) is 6.53. The number of pyridine rings is 1. The maximum Gasteiger partial charge on any atom is 0.234 e. The van der Waals surface area contributed by atoms with E-state index in [1.807, 2.05) is 30.3 Å². The van der Waals surface area contributed by atoms with Gasteiger partial charge in [-0.3, -0.25) is 14.6 Å². The molecule has 1 unspecified atom stereocenters. The van der Waals surface area contributed by atoms with Gasteiger partial charge in [0.05, 0.1) is 36.7 Å². The van der Waals surface area contributed by atoms with Crippen LogP contribution in [0, 0.1) is 0 Å². The van der Waals surface area contributed by atoms with Gasteiger partial charge in [0.25, 0.3) is 0 Å². The molecule has 2 aliphatic heterocycles. The number of hydrogen-bond acceptors (Lipinski definition) is 7. The molecule has 1 saturated heterocycles. The Morgan fingerprint density at radius 3 is 2.97 bits per heavy atom. The normalized spacial score (nSPS) is 18.8. The molecule has 1 fully saturated rings. The van der Waals surface area contributed by atoms with Gasteiger partial charge in [-0.2, -0.15) is 0 Å². The van der Waals surface area contributed by atoms with E-state index in [1.54, 1.807) is 36.0 Å². The lowest BCUT2D eigenvalue weighted by Crippen LogP contribution is -2.47. The Morgan fingerprint density at radius 2 is 2.14 bits per heavy atom. The summed E-state index contributed by atoms with van der Waals surface area (Å²) in [7, 11) is 1.60. The van der Waals surface area contributed by atoms with Crippen LogP contribution in [-0.4, -0.2) is 58.8 Å². The molecule has 182 valence electrons. The van der Waals surface area contributed by atoms with Gasteiger partial charge in [0.15, 0.2) is 0 Å². The number of fused-ring (bicyclic) bond motifs is 2. The molecule has 3 N–H and O–H groups in total. The van der Waals surface area contributed by atoms with E-state index in [0.29, 0.717) is 31.0 Å². The van der Waals surface area contributed by atoms with Crippen molar-refractivity contribution in [2.45, 2.75) is 36.4 Å². The van der Waals surface area contributed by atoms with Crippen LogP contribution >= 0.6 is 11.8 Å². The average Bonchev–Trinajstić information content (AvgIpc) is 2.87. The molecule has 3 aromatic rings. The molecule has 0 aliphatic carbocycles. The van der Waals surface area contributed by atoms with Gasteiger partial charge in [-0.1, -0.05) is 6.07 Å². The first-order chi connectivity index (χ1) is 17.0. The summed E-state index contributed by atoms with van der Waals surface area (Å²) < 4.78 is 5.32. The SMILES string of the molecule is COc1ccc2nccc([C@@H](O)CN3CCC(NCc4ccc5c(c4)NC(=O)CS5)CC3=O)c2c1. The summed E-state index contributed by atoms with van der Waals surface area (Å²) in [5, 5.41) is 18.2. The van der Waals surface area contributed by atoms with Crippen LogP contribution in [0.15, 0.2) is 53.6 Å². The van der Waals surface area contributed by atoms with E-state index >= 15 is 0 Å². The highest BCUT2D eigenvalue weighted by molar-refractivity contribution is 8.00. The Hall–Kier alpha value is -3.14. The maximum absolute atomic E-state index is 12.9. The van der Waals surface area contributed by atoms with Crippen LogP contribution in [0.2, 0.25) is 0 Å². The van der Waals surface area contributed by atoms with Crippen LogP contribution in [0.5, 0.6) is 5.75 Å². The van der Waals surface area contributed by atoms with Crippen molar-refractivity contribution in [3.8, 4) is 5.75 Å². The molecular formula is C26H28N4O4S. The molecule has 5 rings (SSSR count). The molecule has 8 nitrogen and oxygen atoms in total. The third-order valence-corrected chi connectivity index (χ3v) is 7.60. The van der Waals surface area contributed by atoms with E-state index in [4.69, 9.17) is 4.74 Å². The second-order valence-electron chi connectivity index (χ2n) is 8.88. The molecule has 0 bridgehead atoms. The number of likely N-dealkylation sites (tertiary alicyclic amines) is 1. The number of carbonyl (C=O) groups is 2. The van der Waals surface area contributed by atoms with Gasteiger partial charge in [-0.25, -0.2) is 0 Å². The molecule has 1 aromatic heterocycles. The van der Waals surface area contributed by atoms with Gasteiger partial charge in [0, 0.05) is 42.0 Å². The third kappa shape index (κ3) is 5.27. The van der Waals surface area contributed by atoms with Crippen LogP contribution < -0.4 is 15.4 Å². The number of aromatic nitrogens is 1. The molecular weight excluding hydrogens is 464 g/mol. The number of benzene rings is 2. The first-order valence-corrected chi connectivity index (χ1v) is 12.7. The van der Waals surface area contributed by atoms with E-state index in [9.17, 15) is 14.7 Å². The van der Waals surface area contributed by atoms with Crippen molar-refractivity contribution < 1.29 is 19.4 Å². The zero-order valence-corrected chi connectivity index (χ0v) is 20.3. The van der Waals surface area contributed by atoms with Gasteiger partial charge in [0.2, 0.25) is 11.8 Å². The number of carbonyl (C=O) groups excluding carboxylic acids is 2. The lowest BCUT2D eigenvalue weighted by Gasteiger charge is -2.33. The smallest absolute Gasteiger partial charge is 0.234 e. The summed E-state index contributed by atoms with van der Waals surface area (Å²) in [6, 6.07) is 13.5. The predicted octanol–water partition coefficient (Wildman–Crippen LogP) is 3.10. The highest BCUT2D eigenvalue weighted by Crippen LogP contribution is 2.32. The fraction of sp³-hybridized carbons (Fsp3) is 0.346. The summed E-state index contributed by atoms with van der Waals surface area (Å²) in [6.07, 6.45) is 2.05. The largest absolute Gasteiger partial charge is 0.497 e. The number of ether oxygens (including phenoxy) is 1. The molecule has 9 heteroatoms. The fourth-order valence-electron chi connectivity index (χ4n) is 4.62. The number of piperidine rings is 1. The highest BCUT2D eigenvalue weighted by Gasteiger charge is 2.28. The zero-order chi connectivity index (χ0) is 24.4. The van der Waals surface area contributed by atoms with E-state index in [2.05, 4.69) is 21.7 Å². The zero-order valence-electron chi connectivity index (χ0n) is 19.5. The van der Waals surface area contributed by atoms with E-state index in [1.165, 1.54) is 0 Å². The number of hydrogen-bond donors (Lipinski definition) is 3. The molecule has 0 spiro atoms. The van der Waals surface area contributed by atoms with Crippen molar-refractivity contribution in [3.63, 3.8) is 0 Å². The first kappa shape index (κ1) is 23.6. The molecule has 2 atom stereocenters. The van der Waals surface area contributed by atoms with E-state index in [-0.39, 0.29) is 24.4 Å². The quantitative estimate of drug-likeness (QED) is 0.466. The van der Waals surface area contributed by atoms with Crippen LogP contribution in [0.25, 0.3) is 10.9 Å². The molecule has 35 heavy (non-hydrogen) atoms. The standard InChI is InChI=1S/C26H28N4O4S/c1-34-18-3-4-21-20(12-18)19(6-8-27-21)23(31)14-30-9-7-17(11-26(30)33)28-13-16-2-5-24-22(10-16)29-25(32)15-35-24/h2-6,8,10,12,17,23,28,31H,7,9,11,13-15H2,1H3,(H,29,32)/t17?,23-/m0/s1. The van der Waals surface area contributed by atoms with Crippen molar-refractivity contribution in [1.29, 1.82) is 0 Å².